The zero-order valence-corrected chi connectivity index (χ0v) is 10.2. The Kier molecular flexibility index (Phi) is 3.19. The average Bonchev–Trinajstić information content (AvgIpc) is 2.71. The number of carboxylic acids is 1. The Hall–Kier alpha value is -2.10. The molecule has 1 aromatic heterocycles. The third kappa shape index (κ3) is 2.01. The van der Waals surface area contributed by atoms with Crippen molar-refractivity contribution in [2.24, 2.45) is 11.8 Å². The normalized spacial score (nSPS) is 12.8. The highest BCUT2D eigenvalue weighted by molar-refractivity contribution is 6.14. The lowest BCUT2D eigenvalue weighted by atomic mass is 9.88. The molecule has 1 aromatic carbocycles. The number of aliphatic carboxylic acids is 1. The molecular weight excluding hydrogens is 232 g/mol. The largest absolute Gasteiger partial charge is 0.481 e. The maximum atomic E-state index is 12.3. The van der Waals surface area contributed by atoms with Crippen molar-refractivity contribution >= 4 is 22.7 Å². The van der Waals surface area contributed by atoms with Crippen LogP contribution in [0.1, 0.15) is 24.2 Å². The highest BCUT2D eigenvalue weighted by atomic mass is 16.4. The molecule has 0 radical (unpaired) electrons. The van der Waals surface area contributed by atoms with Crippen LogP contribution in [-0.4, -0.2) is 16.9 Å². The number of ketones is 1. The smallest absolute Gasteiger partial charge is 0.314 e. The third-order valence-corrected chi connectivity index (χ3v) is 2.96. The zero-order valence-electron chi connectivity index (χ0n) is 10.2. The number of benzene rings is 1. The van der Waals surface area contributed by atoms with Crippen molar-refractivity contribution in [2.75, 3.05) is 0 Å². The highest BCUT2D eigenvalue weighted by Crippen LogP contribution is 2.26. The van der Waals surface area contributed by atoms with Gasteiger partial charge in [0, 0.05) is 5.39 Å². The van der Waals surface area contributed by atoms with Gasteiger partial charge in [-0.25, -0.2) is 0 Å². The first-order valence-electron chi connectivity index (χ1n) is 5.75. The van der Waals surface area contributed by atoms with E-state index in [1.165, 1.54) is 6.26 Å². The van der Waals surface area contributed by atoms with Gasteiger partial charge in [-0.2, -0.15) is 0 Å². The molecule has 4 nitrogen and oxygen atoms in total. The van der Waals surface area contributed by atoms with E-state index in [1.54, 1.807) is 38.1 Å². The predicted octanol–water partition coefficient (Wildman–Crippen LogP) is 2.97. The van der Waals surface area contributed by atoms with Crippen molar-refractivity contribution in [3.8, 4) is 0 Å². The first-order chi connectivity index (χ1) is 8.52. The molecule has 0 aliphatic carbocycles. The Morgan fingerprint density at radius 3 is 2.50 bits per heavy atom. The van der Waals surface area contributed by atoms with E-state index in [1.807, 2.05) is 0 Å². The fourth-order valence-corrected chi connectivity index (χ4v) is 2.04. The van der Waals surface area contributed by atoms with Crippen LogP contribution >= 0.6 is 0 Å². The molecule has 0 aliphatic rings. The molecule has 0 bridgehead atoms. The van der Waals surface area contributed by atoms with Crippen LogP contribution in [0, 0.1) is 11.8 Å². The number of hydrogen-bond acceptors (Lipinski definition) is 3. The van der Waals surface area contributed by atoms with E-state index in [2.05, 4.69) is 0 Å². The van der Waals surface area contributed by atoms with Crippen LogP contribution in [0.2, 0.25) is 0 Å². The van der Waals surface area contributed by atoms with E-state index in [0.717, 1.165) is 0 Å². The van der Waals surface area contributed by atoms with E-state index in [-0.39, 0.29) is 5.92 Å². The van der Waals surface area contributed by atoms with Crippen LogP contribution in [0.4, 0.5) is 0 Å². The van der Waals surface area contributed by atoms with Crippen molar-refractivity contribution in [2.45, 2.75) is 13.8 Å². The Bertz CT molecular complexity index is 595. The van der Waals surface area contributed by atoms with Crippen LogP contribution in [0.5, 0.6) is 0 Å². The summed E-state index contributed by atoms with van der Waals surface area (Å²) >= 11 is 0. The van der Waals surface area contributed by atoms with E-state index in [0.29, 0.717) is 16.5 Å². The second-order valence-electron chi connectivity index (χ2n) is 4.57. The lowest BCUT2D eigenvalue weighted by Crippen LogP contribution is -2.28. The van der Waals surface area contributed by atoms with Crippen LogP contribution in [0.25, 0.3) is 11.0 Å². The second kappa shape index (κ2) is 4.64. The lowest BCUT2D eigenvalue weighted by Gasteiger charge is -2.13. The molecule has 0 amide bonds. The van der Waals surface area contributed by atoms with Gasteiger partial charge in [0.1, 0.15) is 17.8 Å². The number of carbonyl (C=O) groups is 2. The van der Waals surface area contributed by atoms with Gasteiger partial charge in [-0.05, 0) is 12.0 Å². The van der Waals surface area contributed by atoms with Gasteiger partial charge < -0.3 is 9.52 Å². The SMILES string of the molecule is CC(C)C(C(=O)O)C(=O)c1coc2ccccc12. The van der Waals surface area contributed by atoms with Crippen molar-refractivity contribution in [1.82, 2.24) is 0 Å². The summed E-state index contributed by atoms with van der Waals surface area (Å²) in [6, 6.07) is 7.10. The Labute approximate surface area is 104 Å². The van der Waals surface area contributed by atoms with E-state index >= 15 is 0 Å². The number of Topliss-reactive ketones (excluding diaryl/α,β-unsaturated/α-hetero) is 1. The Morgan fingerprint density at radius 1 is 1.22 bits per heavy atom. The molecule has 0 saturated carbocycles. The Balaban J connectivity index is 2.48. The van der Waals surface area contributed by atoms with E-state index in [9.17, 15) is 9.59 Å². The molecule has 2 aromatic rings. The molecule has 2 rings (SSSR count). The molecule has 0 spiro atoms. The number of hydrogen-bond donors (Lipinski definition) is 1. The maximum Gasteiger partial charge on any atom is 0.314 e. The molecule has 1 heterocycles. The van der Waals surface area contributed by atoms with Gasteiger partial charge in [-0.15, -0.1) is 0 Å². The predicted molar refractivity (Wildman–Crippen MR) is 66.5 cm³/mol. The van der Waals surface area contributed by atoms with Crippen LogP contribution in [-0.2, 0) is 4.79 Å². The van der Waals surface area contributed by atoms with Crippen LogP contribution in [0.3, 0.4) is 0 Å². The monoisotopic (exact) mass is 246 g/mol. The molecule has 1 N–H and O–H groups in total. The Morgan fingerprint density at radius 2 is 1.89 bits per heavy atom. The van der Waals surface area contributed by atoms with Gasteiger partial charge in [0.05, 0.1) is 5.56 Å². The number of fused-ring (bicyclic) bond motifs is 1. The van der Waals surface area contributed by atoms with Gasteiger partial charge in [0.2, 0.25) is 0 Å². The highest BCUT2D eigenvalue weighted by Gasteiger charge is 2.32. The van der Waals surface area contributed by atoms with Gasteiger partial charge in [-0.1, -0.05) is 32.0 Å². The summed E-state index contributed by atoms with van der Waals surface area (Å²) in [6.45, 7) is 3.44. The molecule has 0 fully saturated rings. The maximum absolute atomic E-state index is 12.3. The van der Waals surface area contributed by atoms with Gasteiger partial charge in [-0.3, -0.25) is 9.59 Å². The molecule has 0 aliphatic heterocycles. The summed E-state index contributed by atoms with van der Waals surface area (Å²) in [5, 5.41) is 9.80. The molecule has 4 heteroatoms. The summed E-state index contributed by atoms with van der Waals surface area (Å²) < 4.78 is 5.27. The minimum atomic E-state index is -1.10. The van der Waals surface area contributed by atoms with Crippen LogP contribution in [0.15, 0.2) is 34.9 Å². The first kappa shape index (κ1) is 12.4. The molecule has 1 atom stereocenters. The molecular formula is C14H14O4. The molecule has 1 unspecified atom stereocenters. The first-order valence-corrected chi connectivity index (χ1v) is 5.75. The summed E-state index contributed by atoms with van der Waals surface area (Å²) in [4.78, 5) is 23.4. The number of rotatable bonds is 4. The van der Waals surface area contributed by atoms with E-state index in [4.69, 9.17) is 9.52 Å². The van der Waals surface area contributed by atoms with Crippen molar-refractivity contribution in [3.63, 3.8) is 0 Å². The lowest BCUT2D eigenvalue weighted by molar-refractivity contribution is -0.141. The topological polar surface area (TPSA) is 67.5 Å². The zero-order chi connectivity index (χ0) is 13.3. The average molecular weight is 246 g/mol. The number of para-hydroxylation sites is 1. The van der Waals surface area contributed by atoms with Gasteiger partial charge in [0.25, 0.3) is 0 Å². The van der Waals surface area contributed by atoms with Gasteiger partial charge >= 0.3 is 5.97 Å². The standard InChI is InChI=1S/C14H14O4/c1-8(2)12(14(16)17)13(15)10-7-18-11-6-4-3-5-9(10)11/h3-8,12H,1-2H3,(H,16,17). The fraction of sp³-hybridized carbons (Fsp3) is 0.286. The quantitative estimate of drug-likeness (QED) is 0.665. The van der Waals surface area contributed by atoms with Crippen molar-refractivity contribution in [1.29, 1.82) is 0 Å². The summed E-state index contributed by atoms with van der Waals surface area (Å²) in [5.41, 5.74) is 0.931. The third-order valence-electron chi connectivity index (χ3n) is 2.96. The minimum Gasteiger partial charge on any atom is -0.481 e. The summed E-state index contributed by atoms with van der Waals surface area (Å²) in [7, 11) is 0. The molecule has 0 saturated heterocycles. The van der Waals surface area contributed by atoms with E-state index < -0.39 is 17.7 Å². The second-order valence-corrected chi connectivity index (χ2v) is 4.57. The van der Waals surface area contributed by atoms with Crippen molar-refractivity contribution < 1.29 is 19.1 Å². The fourth-order valence-electron chi connectivity index (χ4n) is 2.04. The van der Waals surface area contributed by atoms with Gasteiger partial charge in [0.15, 0.2) is 5.78 Å². The number of furan rings is 1. The minimum absolute atomic E-state index is 0.260. The molecule has 94 valence electrons. The number of carbonyl (C=O) groups excluding carboxylic acids is 1. The summed E-state index contributed by atoms with van der Waals surface area (Å²) in [5.74, 6) is -2.79. The number of carboxylic acid groups (broad SMARTS) is 1. The molecule has 18 heavy (non-hydrogen) atoms. The van der Waals surface area contributed by atoms with Crippen molar-refractivity contribution in [3.05, 3.63) is 36.1 Å². The van der Waals surface area contributed by atoms with Crippen LogP contribution < -0.4 is 0 Å². The summed E-state index contributed by atoms with van der Waals surface area (Å²) in [6.07, 6.45) is 1.34.